The third-order valence-corrected chi connectivity index (χ3v) is 15.7. The molecule has 191 valence electrons. The van der Waals surface area contributed by atoms with Gasteiger partial charge in [0, 0.05) is 18.6 Å². The van der Waals surface area contributed by atoms with E-state index in [0.717, 1.165) is 0 Å². The summed E-state index contributed by atoms with van der Waals surface area (Å²) in [5.41, 5.74) is 0. The van der Waals surface area contributed by atoms with Gasteiger partial charge in [0.1, 0.15) is 0 Å². The van der Waals surface area contributed by atoms with E-state index in [1.165, 1.54) is 43.4 Å². The van der Waals surface area contributed by atoms with E-state index in [1.807, 2.05) is 0 Å². The first-order valence-electron chi connectivity index (χ1n) is 11.3. The molecule has 0 aliphatic rings. The Balaban J connectivity index is -0.000000181. The minimum Gasteiger partial charge on any atom is 0 e. The Hall–Kier alpha value is 1.26. The van der Waals surface area contributed by atoms with Crippen LogP contribution in [0.4, 0.5) is 0 Å². The topological polar surface area (TPSA) is 79.6 Å². The number of rotatable bonds is 17. The fourth-order valence-corrected chi connectivity index (χ4v) is 10.8. The van der Waals surface area contributed by atoms with Gasteiger partial charge in [0.05, 0.1) is 0 Å². The Morgan fingerprint density at radius 1 is 0.424 bits per heavy atom. The van der Waals surface area contributed by atoms with Crippen LogP contribution in [0.1, 0.15) is 53.9 Å². The smallest absolute Gasteiger partial charge is 0 e. The van der Waals surface area contributed by atoms with Gasteiger partial charge in [-0.3, -0.25) is 0 Å². The quantitative estimate of drug-likeness (QED) is 0.0973. The van der Waals surface area contributed by atoms with Crippen molar-refractivity contribution in [3.05, 3.63) is 26.6 Å². The summed E-state index contributed by atoms with van der Waals surface area (Å²) in [4.78, 5) is 0. The third kappa shape index (κ3) is 38.0. The summed E-state index contributed by atoms with van der Waals surface area (Å²) in [6.45, 7) is 32.5. The van der Waals surface area contributed by atoms with Crippen molar-refractivity contribution in [2.45, 2.75) is 53.9 Å². The van der Waals surface area contributed by atoms with Gasteiger partial charge in [-0.05, 0) is 93.7 Å². The van der Waals surface area contributed by atoms with Gasteiger partial charge in [-0.25, -0.2) is 0 Å². The fraction of sp³-hybridized carbons (Fsp3) is 0.833. The molecule has 0 aromatic rings. The molecule has 0 saturated heterocycles. The number of hydrogen-bond donors (Lipinski definition) is 0. The monoisotopic (exact) mass is 573 g/mol. The molecule has 0 amide bonds. The van der Waals surface area contributed by atoms with Gasteiger partial charge in [-0.15, -0.1) is 31.7 Å². The maximum atomic E-state index is 7.50. The van der Waals surface area contributed by atoms with E-state index >= 15 is 0 Å². The summed E-state index contributed by atoms with van der Waals surface area (Å²) >= 11 is 0. The summed E-state index contributed by atoms with van der Waals surface area (Å²) in [6, 6.07) is 0. The first-order valence-corrected chi connectivity index (χ1v) is 19.1. The molecule has 1 unspecified atom stereocenters. The maximum absolute atomic E-state index is 7.50. The summed E-state index contributed by atoms with van der Waals surface area (Å²) in [7, 11) is 1.46. The SMILES string of the molecule is CCP(C)CCCP(CCCP(CC)CC)CCCP(CC)CC.[C-]#[O+].[C-]#[O+].[C-]#[O+].[C-]#[O+].[V]. The standard InChI is InChI=1S/C20H46P4.4CO.V/c1-7-21(6)15-12-18-24(19-13-16-22(8-2)9-3)20-14-17-23(10-4)11-5;4*1-2;/h7-20H2,1-6H3;;;;;. The van der Waals surface area contributed by atoms with Crippen LogP contribution in [0.25, 0.3) is 0 Å². The normalized spacial score (nSPS) is 9.97. The Bertz CT molecular complexity index is 370. The number of hydrogen-bond acceptors (Lipinski definition) is 0. The summed E-state index contributed by atoms with van der Waals surface area (Å²) in [5, 5.41) is 0. The van der Waals surface area contributed by atoms with E-state index in [2.05, 4.69) is 67.9 Å². The first-order chi connectivity index (χ1) is 15.6. The van der Waals surface area contributed by atoms with Gasteiger partial charge < -0.3 is 0 Å². The molecule has 33 heavy (non-hydrogen) atoms. The van der Waals surface area contributed by atoms with E-state index < -0.39 is 0 Å². The minimum absolute atomic E-state index is 0. The van der Waals surface area contributed by atoms with Gasteiger partial charge in [0.25, 0.3) is 0 Å². The molecule has 9 heteroatoms. The van der Waals surface area contributed by atoms with Crippen LogP contribution in [-0.4, -0.2) is 74.4 Å². The Morgan fingerprint density at radius 2 is 0.667 bits per heavy atom. The van der Waals surface area contributed by atoms with Gasteiger partial charge in [0.2, 0.25) is 0 Å². The molecule has 0 fully saturated rings. The van der Waals surface area contributed by atoms with Gasteiger partial charge >= 0.3 is 45.2 Å². The third-order valence-electron chi connectivity index (χ3n) is 5.24. The minimum atomic E-state index is 0. The molecule has 0 spiro atoms. The van der Waals surface area contributed by atoms with E-state index in [-0.39, 0.29) is 18.6 Å². The maximum Gasteiger partial charge on any atom is 0 e. The average molecular weight is 573 g/mol. The van der Waals surface area contributed by atoms with E-state index in [1.54, 1.807) is 43.7 Å². The second kappa shape index (κ2) is 46.6. The Kier molecular flexibility index (Phi) is 67.0. The van der Waals surface area contributed by atoms with Crippen LogP contribution in [0.3, 0.4) is 0 Å². The van der Waals surface area contributed by atoms with Crippen LogP contribution in [0.2, 0.25) is 0 Å². The predicted octanol–water partition coefficient (Wildman–Crippen LogP) is 7.66. The van der Waals surface area contributed by atoms with Gasteiger partial charge in [0.15, 0.2) is 0 Å². The first kappa shape index (κ1) is 47.5. The van der Waals surface area contributed by atoms with Gasteiger partial charge in [-0.1, -0.05) is 34.6 Å². The van der Waals surface area contributed by atoms with Crippen molar-refractivity contribution in [2.75, 3.05) is 74.4 Å². The van der Waals surface area contributed by atoms with Gasteiger partial charge in [-0.2, -0.15) is 0 Å². The van der Waals surface area contributed by atoms with Crippen molar-refractivity contribution in [1.82, 2.24) is 0 Å². The molecular weight excluding hydrogens is 527 g/mol. The molecule has 0 aliphatic carbocycles. The van der Waals surface area contributed by atoms with E-state index in [4.69, 9.17) is 18.6 Å². The van der Waals surface area contributed by atoms with Crippen molar-refractivity contribution in [2.24, 2.45) is 0 Å². The zero-order chi connectivity index (χ0) is 26.2. The van der Waals surface area contributed by atoms with Crippen LogP contribution >= 0.6 is 31.7 Å². The van der Waals surface area contributed by atoms with E-state index in [0.29, 0.717) is 31.7 Å². The van der Waals surface area contributed by atoms with Crippen LogP contribution in [0, 0.1) is 26.6 Å². The molecule has 0 N–H and O–H groups in total. The molecule has 1 atom stereocenters. The van der Waals surface area contributed by atoms with Crippen molar-refractivity contribution in [3.8, 4) is 0 Å². The Morgan fingerprint density at radius 3 is 0.909 bits per heavy atom. The van der Waals surface area contributed by atoms with Crippen LogP contribution < -0.4 is 0 Å². The van der Waals surface area contributed by atoms with Crippen LogP contribution in [-0.2, 0) is 37.2 Å². The summed E-state index contributed by atoms with van der Waals surface area (Å²) < 4.78 is 30.0. The van der Waals surface area contributed by atoms with Crippen molar-refractivity contribution >= 4 is 31.7 Å². The second-order valence-electron chi connectivity index (χ2n) is 6.85. The molecule has 0 aromatic heterocycles. The van der Waals surface area contributed by atoms with Crippen molar-refractivity contribution in [3.63, 3.8) is 0 Å². The molecule has 0 bridgehead atoms. The molecule has 0 heterocycles. The summed E-state index contributed by atoms with van der Waals surface area (Å²) in [5.74, 6) is 0. The molecule has 0 rings (SSSR count). The van der Waals surface area contributed by atoms with Crippen molar-refractivity contribution in [1.29, 1.82) is 0 Å². The largest absolute Gasteiger partial charge is 0 e. The molecule has 0 aromatic carbocycles. The van der Waals surface area contributed by atoms with E-state index in [9.17, 15) is 0 Å². The molecule has 1 radical (unpaired) electrons. The zero-order valence-corrected chi connectivity index (χ0v) is 26.7. The second-order valence-corrected chi connectivity index (χ2v) is 18.4. The molecule has 0 saturated carbocycles. The fourth-order valence-electron chi connectivity index (χ4n) is 3.17. The predicted molar refractivity (Wildman–Crippen MR) is 145 cm³/mol. The Labute approximate surface area is 223 Å². The zero-order valence-electron chi connectivity index (χ0n) is 21.8. The summed E-state index contributed by atoms with van der Waals surface area (Å²) in [6.07, 6.45) is 21.3. The average Bonchev–Trinajstić information content (AvgIpc) is 2.88. The molecular formula is C24H46O4P4V. The molecule has 0 aliphatic heterocycles. The van der Waals surface area contributed by atoms with Crippen LogP contribution in [0.5, 0.6) is 0 Å². The van der Waals surface area contributed by atoms with Crippen molar-refractivity contribution < 1.29 is 37.2 Å². The van der Waals surface area contributed by atoms with Crippen LogP contribution in [0.15, 0.2) is 0 Å². The molecule has 4 nitrogen and oxygen atoms in total.